The van der Waals surface area contributed by atoms with Crippen molar-refractivity contribution in [3.63, 3.8) is 0 Å². The summed E-state index contributed by atoms with van der Waals surface area (Å²) < 4.78 is 0. The maximum atomic E-state index is 12.1. The van der Waals surface area contributed by atoms with Gasteiger partial charge in [-0.3, -0.25) is 9.59 Å². The average molecular weight is 332 g/mol. The van der Waals surface area contributed by atoms with Crippen LogP contribution in [-0.4, -0.2) is 30.1 Å². The van der Waals surface area contributed by atoms with Crippen LogP contribution in [0.4, 0.5) is 5.69 Å². The van der Waals surface area contributed by atoms with Gasteiger partial charge >= 0.3 is 11.8 Å². The van der Waals surface area contributed by atoms with Gasteiger partial charge in [-0.1, -0.05) is 19.9 Å². The van der Waals surface area contributed by atoms with Gasteiger partial charge in [0.05, 0.1) is 0 Å². The molecule has 2 rings (SSSR count). The molecule has 132 valence electrons. The molecule has 2 amide bonds. The summed E-state index contributed by atoms with van der Waals surface area (Å²) in [6, 6.07) is 5.83. The van der Waals surface area contributed by atoms with Crippen LogP contribution in [-0.2, 0) is 22.4 Å². The van der Waals surface area contributed by atoms with Crippen LogP contribution in [0.1, 0.15) is 50.7 Å². The number of carbonyl (C=O) groups excluding carboxylic acids is 2. The first-order chi connectivity index (χ1) is 11.5. The highest BCUT2D eigenvalue weighted by Gasteiger charge is 2.27. The average Bonchev–Trinajstić information content (AvgIpc) is 3.06. The second-order valence-corrected chi connectivity index (χ2v) is 6.65. The van der Waals surface area contributed by atoms with Gasteiger partial charge in [0.15, 0.2) is 0 Å². The van der Waals surface area contributed by atoms with Crippen molar-refractivity contribution < 1.29 is 14.7 Å². The number of aryl methyl sites for hydroxylation is 2. The molecule has 0 spiro atoms. The molecule has 3 N–H and O–H groups in total. The van der Waals surface area contributed by atoms with E-state index in [1.807, 2.05) is 32.0 Å². The third-order valence-corrected chi connectivity index (χ3v) is 5.33. The van der Waals surface area contributed by atoms with Crippen molar-refractivity contribution in [3.05, 3.63) is 29.3 Å². The normalized spacial score (nSPS) is 13.5. The first-order valence-electron chi connectivity index (χ1n) is 8.85. The number of anilines is 1. The lowest BCUT2D eigenvalue weighted by Gasteiger charge is -2.31. The molecular weight excluding hydrogens is 304 g/mol. The molecule has 0 aromatic heterocycles. The molecule has 5 heteroatoms. The molecule has 1 aliphatic rings. The Morgan fingerprint density at radius 1 is 1.12 bits per heavy atom. The van der Waals surface area contributed by atoms with Crippen molar-refractivity contribution >= 4 is 17.5 Å². The zero-order chi connectivity index (χ0) is 17.6. The van der Waals surface area contributed by atoms with E-state index < -0.39 is 11.8 Å². The maximum Gasteiger partial charge on any atom is 0.313 e. The highest BCUT2D eigenvalue weighted by atomic mass is 16.3. The van der Waals surface area contributed by atoms with Gasteiger partial charge < -0.3 is 15.7 Å². The first-order valence-corrected chi connectivity index (χ1v) is 8.85. The zero-order valence-corrected chi connectivity index (χ0v) is 14.7. The van der Waals surface area contributed by atoms with E-state index in [0.29, 0.717) is 18.7 Å². The van der Waals surface area contributed by atoms with Gasteiger partial charge in [-0.25, -0.2) is 0 Å². The number of amides is 2. The van der Waals surface area contributed by atoms with E-state index in [0.717, 1.165) is 32.1 Å². The smallest absolute Gasteiger partial charge is 0.313 e. The topological polar surface area (TPSA) is 78.4 Å². The van der Waals surface area contributed by atoms with E-state index in [2.05, 4.69) is 10.6 Å². The summed E-state index contributed by atoms with van der Waals surface area (Å²) >= 11 is 0. The van der Waals surface area contributed by atoms with Crippen molar-refractivity contribution in [2.24, 2.45) is 5.41 Å². The maximum absolute atomic E-state index is 12.1. The quantitative estimate of drug-likeness (QED) is 0.671. The van der Waals surface area contributed by atoms with E-state index in [1.54, 1.807) is 0 Å². The minimum Gasteiger partial charge on any atom is -0.396 e. The minimum absolute atomic E-state index is 0.0822. The van der Waals surface area contributed by atoms with Crippen molar-refractivity contribution in [1.82, 2.24) is 5.32 Å². The Labute approximate surface area is 143 Å². The molecule has 5 nitrogen and oxygen atoms in total. The van der Waals surface area contributed by atoms with Gasteiger partial charge in [0.25, 0.3) is 0 Å². The zero-order valence-electron chi connectivity index (χ0n) is 14.7. The molecule has 1 aliphatic carbocycles. The first kappa shape index (κ1) is 18.5. The number of carbonyl (C=O) groups is 2. The summed E-state index contributed by atoms with van der Waals surface area (Å²) in [5.74, 6) is -1.27. The van der Waals surface area contributed by atoms with Crippen LogP contribution in [0.5, 0.6) is 0 Å². The highest BCUT2D eigenvalue weighted by Crippen LogP contribution is 2.29. The van der Waals surface area contributed by atoms with Crippen molar-refractivity contribution in [3.8, 4) is 0 Å². The SMILES string of the molecule is CCC(CC)(CCO)CNC(=O)C(=O)Nc1ccc2c(c1)CCC2. The standard InChI is InChI=1S/C19H28N2O3/c1-3-19(4-2,10-11-22)13-20-17(23)18(24)21-16-9-8-14-6-5-7-15(14)12-16/h8-9,12,22H,3-7,10-11,13H2,1-2H3,(H,20,23)(H,21,24). The van der Waals surface area contributed by atoms with Crippen LogP contribution in [0, 0.1) is 5.41 Å². The fourth-order valence-corrected chi connectivity index (χ4v) is 3.36. The lowest BCUT2D eigenvalue weighted by atomic mass is 9.79. The Bertz CT molecular complexity index is 594. The van der Waals surface area contributed by atoms with Gasteiger partial charge in [0.1, 0.15) is 0 Å². The predicted molar refractivity (Wildman–Crippen MR) is 94.8 cm³/mol. The Kier molecular flexibility index (Phi) is 6.37. The van der Waals surface area contributed by atoms with Gasteiger partial charge in [-0.05, 0) is 67.2 Å². The van der Waals surface area contributed by atoms with Gasteiger partial charge in [0.2, 0.25) is 0 Å². The van der Waals surface area contributed by atoms with Gasteiger partial charge in [0, 0.05) is 18.8 Å². The lowest BCUT2D eigenvalue weighted by molar-refractivity contribution is -0.136. The van der Waals surface area contributed by atoms with Crippen LogP contribution in [0.3, 0.4) is 0 Å². The monoisotopic (exact) mass is 332 g/mol. The number of benzene rings is 1. The molecule has 0 unspecified atom stereocenters. The van der Waals surface area contributed by atoms with E-state index in [-0.39, 0.29) is 12.0 Å². The summed E-state index contributed by atoms with van der Waals surface area (Å²) in [5.41, 5.74) is 3.10. The Morgan fingerprint density at radius 2 is 1.83 bits per heavy atom. The molecule has 1 aromatic carbocycles. The highest BCUT2D eigenvalue weighted by molar-refractivity contribution is 6.39. The van der Waals surface area contributed by atoms with Gasteiger partial charge in [-0.2, -0.15) is 0 Å². The van der Waals surface area contributed by atoms with Crippen LogP contribution < -0.4 is 10.6 Å². The fourth-order valence-electron chi connectivity index (χ4n) is 3.36. The Balaban J connectivity index is 1.91. The number of hydrogen-bond acceptors (Lipinski definition) is 3. The summed E-state index contributed by atoms with van der Waals surface area (Å²) in [4.78, 5) is 24.2. The van der Waals surface area contributed by atoms with Crippen molar-refractivity contribution in [2.45, 2.75) is 52.4 Å². The molecule has 0 aliphatic heterocycles. The molecule has 0 saturated heterocycles. The van der Waals surface area contributed by atoms with Crippen molar-refractivity contribution in [1.29, 1.82) is 0 Å². The predicted octanol–water partition coefficient (Wildman–Crippen LogP) is 2.42. The number of nitrogens with one attached hydrogen (secondary N) is 2. The second kappa shape index (κ2) is 8.29. The number of fused-ring (bicyclic) bond motifs is 1. The fraction of sp³-hybridized carbons (Fsp3) is 0.579. The number of hydrogen-bond donors (Lipinski definition) is 3. The summed E-state index contributed by atoms with van der Waals surface area (Å²) in [7, 11) is 0. The molecule has 1 aromatic rings. The third kappa shape index (κ3) is 4.35. The molecule has 0 atom stereocenters. The van der Waals surface area contributed by atoms with E-state index in [1.165, 1.54) is 11.1 Å². The summed E-state index contributed by atoms with van der Waals surface area (Å²) in [6.07, 6.45) is 5.57. The van der Waals surface area contributed by atoms with E-state index in [4.69, 9.17) is 0 Å². The molecule has 0 fully saturated rings. The van der Waals surface area contributed by atoms with Crippen LogP contribution in [0.15, 0.2) is 18.2 Å². The number of aliphatic hydroxyl groups is 1. The largest absolute Gasteiger partial charge is 0.396 e. The second-order valence-electron chi connectivity index (χ2n) is 6.65. The van der Waals surface area contributed by atoms with Crippen molar-refractivity contribution in [2.75, 3.05) is 18.5 Å². The molecule has 0 heterocycles. The Hall–Kier alpha value is -1.88. The Morgan fingerprint density at radius 3 is 2.50 bits per heavy atom. The van der Waals surface area contributed by atoms with Gasteiger partial charge in [-0.15, -0.1) is 0 Å². The number of aliphatic hydroxyl groups excluding tert-OH is 1. The van der Waals surface area contributed by atoms with Crippen LogP contribution in [0.2, 0.25) is 0 Å². The number of rotatable bonds is 7. The van der Waals surface area contributed by atoms with E-state index >= 15 is 0 Å². The molecular formula is C19H28N2O3. The van der Waals surface area contributed by atoms with E-state index in [9.17, 15) is 14.7 Å². The third-order valence-electron chi connectivity index (χ3n) is 5.33. The molecule has 0 radical (unpaired) electrons. The van der Waals surface area contributed by atoms with Crippen LogP contribution >= 0.6 is 0 Å². The summed E-state index contributed by atoms with van der Waals surface area (Å²) in [5, 5.41) is 14.6. The lowest BCUT2D eigenvalue weighted by Crippen LogP contribution is -2.42. The molecule has 24 heavy (non-hydrogen) atoms. The molecule has 0 saturated carbocycles. The minimum atomic E-state index is -0.641. The summed E-state index contributed by atoms with van der Waals surface area (Å²) in [6.45, 7) is 4.56. The molecule has 0 bridgehead atoms. The van der Waals surface area contributed by atoms with Crippen LogP contribution in [0.25, 0.3) is 0 Å².